The van der Waals surface area contributed by atoms with Crippen molar-refractivity contribution in [2.24, 2.45) is 0 Å². The molecule has 2 heteroatoms. The van der Waals surface area contributed by atoms with Crippen molar-refractivity contribution in [1.29, 1.82) is 0 Å². The molecule has 0 bridgehead atoms. The molecule has 1 aliphatic heterocycles. The minimum atomic E-state index is -0.596. The molecule has 268 valence electrons. The summed E-state index contributed by atoms with van der Waals surface area (Å²) in [7, 11) is 0. The molecule has 0 saturated carbocycles. The minimum absolute atomic E-state index is 0.596. The highest BCUT2D eigenvalue weighted by Crippen LogP contribution is 2.61. The molecular formula is C55H37NS. The second-order valence-corrected chi connectivity index (χ2v) is 15.9. The summed E-state index contributed by atoms with van der Waals surface area (Å²) in [5, 5.41) is 0. The average Bonchev–Trinajstić information content (AvgIpc) is 3.39. The van der Waals surface area contributed by atoms with E-state index in [4.69, 9.17) is 0 Å². The van der Waals surface area contributed by atoms with Gasteiger partial charge in [-0.3, -0.25) is 0 Å². The van der Waals surface area contributed by atoms with Gasteiger partial charge in [0.15, 0.2) is 0 Å². The van der Waals surface area contributed by atoms with Crippen LogP contribution in [0.2, 0.25) is 0 Å². The Morgan fingerprint density at radius 1 is 0.298 bits per heavy atom. The van der Waals surface area contributed by atoms with Crippen LogP contribution in [0.5, 0.6) is 0 Å². The van der Waals surface area contributed by atoms with Gasteiger partial charge in [-0.25, -0.2) is 0 Å². The molecule has 11 rings (SSSR count). The topological polar surface area (TPSA) is 3.24 Å². The summed E-state index contributed by atoms with van der Waals surface area (Å²) in [5.41, 5.74) is 17.8. The van der Waals surface area contributed by atoms with E-state index in [1.165, 1.54) is 76.6 Å². The molecule has 1 spiro atoms. The zero-order valence-corrected chi connectivity index (χ0v) is 32.0. The third-order valence-electron chi connectivity index (χ3n) is 11.8. The molecule has 9 aromatic carbocycles. The van der Waals surface area contributed by atoms with Gasteiger partial charge in [-0.1, -0.05) is 194 Å². The molecule has 1 heterocycles. The molecule has 1 nitrogen and oxygen atoms in total. The van der Waals surface area contributed by atoms with Crippen LogP contribution >= 0.6 is 11.8 Å². The Labute approximate surface area is 338 Å². The van der Waals surface area contributed by atoms with Gasteiger partial charge in [0, 0.05) is 26.7 Å². The minimum Gasteiger partial charge on any atom is -0.310 e. The van der Waals surface area contributed by atoms with Crippen LogP contribution in [0.15, 0.2) is 234 Å². The third kappa shape index (κ3) is 5.33. The molecule has 9 aromatic rings. The number of nitrogens with zero attached hydrogens (tertiary/aromatic N) is 1. The quantitative estimate of drug-likeness (QED) is 0.173. The van der Waals surface area contributed by atoms with E-state index in [1.54, 1.807) is 0 Å². The number of hydrogen-bond donors (Lipinski definition) is 0. The molecule has 0 aromatic heterocycles. The van der Waals surface area contributed by atoms with Gasteiger partial charge in [0.05, 0.1) is 11.1 Å². The molecule has 57 heavy (non-hydrogen) atoms. The van der Waals surface area contributed by atoms with Gasteiger partial charge in [-0.05, 0) is 104 Å². The Bertz CT molecular complexity index is 2860. The Morgan fingerprint density at radius 2 is 0.754 bits per heavy atom. The smallest absolute Gasteiger partial charge is 0.0736 e. The van der Waals surface area contributed by atoms with Crippen molar-refractivity contribution >= 4 is 28.8 Å². The van der Waals surface area contributed by atoms with Crippen LogP contribution in [0.3, 0.4) is 0 Å². The molecule has 0 unspecified atom stereocenters. The number of fused-ring (bicyclic) bond motifs is 11. The van der Waals surface area contributed by atoms with Crippen LogP contribution < -0.4 is 4.90 Å². The van der Waals surface area contributed by atoms with Crippen LogP contribution in [0.1, 0.15) is 22.3 Å². The van der Waals surface area contributed by atoms with Crippen molar-refractivity contribution < 1.29 is 0 Å². The van der Waals surface area contributed by atoms with E-state index in [0.29, 0.717) is 0 Å². The van der Waals surface area contributed by atoms with Gasteiger partial charge < -0.3 is 4.90 Å². The van der Waals surface area contributed by atoms with E-state index in [1.807, 2.05) is 11.8 Å². The molecule has 0 fully saturated rings. The second-order valence-electron chi connectivity index (χ2n) is 14.8. The monoisotopic (exact) mass is 743 g/mol. The summed E-state index contributed by atoms with van der Waals surface area (Å²) in [6, 6.07) is 82.7. The van der Waals surface area contributed by atoms with E-state index < -0.39 is 5.41 Å². The maximum absolute atomic E-state index is 2.49. The van der Waals surface area contributed by atoms with Crippen LogP contribution in [0, 0.1) is 0 Å². The zero-order chi connectivity index (χ0) is 37.8. The molecule has 2 aliphatic rings. The summed E-state index contributed by atoms with van der Waals surface area (Å²) in [6.07, 6.45) is 0. The van der Waals surface area contributed by atoms with Crippen molar-refractivity contribution in [2.45, 2.75) is 15.2 Å². The highest BCUT2D eigenvalue weighted by atomic mass is 32.2. The van der Waals surface area contributed by atoms with Gasteiger partial charge in [0.25, 0.3) is 0 Å². The SMILES string of the molecule is c1ccc(-c2ccc(N(c3ccc4c(c3)C3(c5ccccc5S4)c4ccccc4-c4ccccc4-c4ccccc43)c3ccccc3-c3ccccc3)cc2)cc1. The maximum atomic E-state index is 2.49. The lowest BCUT2D eigenvalue weighted by Gasteiger charge is -2.43. The number of rotatable bonds is 5. The van der Waals surface area contributed by atoms with Crippen molar-refractivity contribution in [1.82, 2.24) is 0 Å². The van der Waals surface area contributed by atoms with Crippen molar-refractivity contribution in [3.05, 3.63) is 247 Å². The predicted octanol–water partition coefficient (Wildman–Crippen LogP) is 15.0. The van der Waals surface area contributed by atoms with Gasteiger partial charge >= 0.3 is 0 Å². The summed E-state index contributed by atoms with van der Waals surface area (Å²) < 4.78 is 0. The largest absolute Gasteiger partial charge is 0.310 e. The number of anilines is 3. The molecular weight excluding hydrogens is 707 g/mol. The lowest BCUT2D eigenvalue weighted by atomic mass is 9.63. The molecule has 0 amide bonds. The Balaban J connectivity index is 1.21. The predicted molar refractivity (Wildman–Crippen MR) is 239 cm³/mol. The van der Waals surface area contributed by atoms with E-state index in [-0.39, 0.29) is 0 Å². The summed E-state index contributed by atoms with van der Waals surface area (Å²) in [6.45, 7) is 0. The number of hydrogen-bond acceptors (Lipinski definition) is 2. The second kappa shape index (κ2) is 13.7. The highest BCUT2D eigenvalue weighted by molar-refractivity contribution is 7.99. The molecule has 0 N–H and O–H groups in total. The van der Waals surface area contributed by atoms with Gasteiger partial charge in [0.2, 0.25) is 0 Å². The molecule has 0 atom stereocenters. The summed E-state index contributed by atoms with van der Waals surface area (Å²) in [5.74, 6) is 0. The molecule has 0 radical (unpaired) electrons. The Kier molecular flexibility index (Phi) is 8.05. The fourth-order valence-electron chi connectivity index (χ4n) is 9.33. The van der Waals surface area contributed by atoms with Gasteiger partial charge in [-0.2, -0.15) is 0 Å². The Hall–Kier alpha value is -6.87. The summed E-state index contributed by atoms with van der Waals surface area (Å²) >= 11 is 1.88. The fraction of sp³-hybridized carbons (Fsp3) is 0.0182. The van der Waals surface area contributed by atoms with Gasteiger partial charge in [-0.15, -0.1) is 0 Å². The zero-order valence-electron chi connectivity index (χ0n) is 31.2. The van der Waals surface area contributed by atoms with Crippen molar-refractivity contribution in [2.75, 3.05) is 4.90 Å². The summed E-state index contributed by atoms with van der Waals surface area (Å²) in [4.78, 5) is 5.01. The highest BCUT2D eigenvalue weighted by Gasteiger charge is 2.48. The normalized spacial score (nSPS) is 13.0. The lowest BCUT2D eigenvalue weighted by Crippen LogP contribution is -2.34. The fourth-order valence-corrected chi connectivity index (χ4v) is 10.5. The van der Waals surface area contributed by atoms with E-state index in [0.717, 1.165) is 17.1 Å². The van der Waals surface area contributed by atoms with E-state index >= 15 is 0 Å². The first-order chi connectivity index (χ1) is 28.3. The number of para-hydroxylation sites is 1. The number of benzene rings is 9. The Morgan fingerprint density at radius 3 is 1.40 bits per heavy atom. The average molecular weight is 744 g/mol. The first-order valence-corrected chi connectivity index (χ1v) is 20.4. The first kappa shape index (κ1) is 33.5. The van der Waals surface area contributed by atoms with Crippen molar-refractivity contribution in [3.8, 4) is 44.5 Å². The van der Waals surface area contributed by atoms with Gasteiger partial charge in [0.1, 0.15) is 0 Å². The molecule has 0 saturated heterocycles. The van der Waals surface area contributed by atoms with Crippen LogP contribution in [0.25, 0.3) is 44.5 Å². The third-order valence-corrected chi connectivity index (χ3v) is 12.9. The van der Waals surface area contributed by atoms with Crippen LogP contribution in [-0.4, -0.2) is 0 Å². The standard InChI is InChI=1S/C55H37NS/c1-3-17-38(18-4-1)39-31-33-41(34-32-39)56(52-29-15-11-21-43(52)40-19-5-2-6-20-40)42-35-36-54-51(37-42)55(50-28-14-16-30-53(50)57-54)48-26-12-9-24-46(48)44-22-7-8-23-45(44)47-25-10-13-27-49(47)55/h1-37H. The van der Waals surface area contributed by atoms with Crippen LogP contribution in [0.4, 0.5) is 17.1 Å². The van der Waals surface area contributed by atoms with Crippen LogP contribution in [-0.2, 0) is 5.41 Å². The van der Waals surface area contributed by atoms with E-state index in [9.17, 15) is 0 Å². The first-order valence-electron chi connectivity index (χ1n) is 19.6. The maximum Gasteiger partial charge on any atom is 0.0736 e. The van der Waals surface area contributed by atoms with E-state index in [2.05, 4.69) is 229 Å². The lowest BCUT2D eigenvalue weighted by molar-refractivity contribution is 0.708. The molecule has 1 aliphatic carbocycles. The van der Waals surface area contributed by atoms with Crippen molar-refractivity contribution in [3.63, 3.8) is 0 Å².